The molecule has 0 amide bonds. The predicted molar refractivity (Wildman–Crippen MR) is 70.9 cm³/mol. The molecule has 0 spiro atoms. The largest absolute Gasteiger partial charge is 0.364 e. The Hall–Kier alpha value is -1.69. The molecule has 18 heavy (non-hydrogen) atoms. The lowest BCUT2D eigenvalue weighted by Crippen LogP contribution is -2.12. The fourth-order valence-corrected chi connectivity index (χ4v) is 2.83. The van der Waals surface area contributed by atoms with Crippen LogP contribution < -0.4 is 10.2 Å². The molecule has 94 valence electrons. The van der Waals surface area contributed by atoms with Crippen molar-refractivity contribution >= 4 is 17.2 Å². The van der Waals surface area contributed by atoms with Crippen molar-refractivity contribution in [2.75, 3.05) is 5.32 Å². The maximum Gasteiger partial charge on any atom is 0.304 e. The van der Waals surface area contributed by atoms with Gasteiger partial charge in [-0.25, -0.2) is 9.97 Å². The Morgan fingerprint density at radius 3 is 3.06 bits per heavy atom. The molecule has 1 aliphatic rings. The van der Waals surface area contributed by atoms with Gasteiger partial charge in [-0.1, -0.05) is 11.3 Å². The number of anilines is 1. The number of aromatic nitrogens is 3. The molecule has 2 aromatic heterocycles. The molecule has 5 nitrogen and oxygen atoms in total. The molecule has 6 heteroatoms. The average molecular weight is 262 g/mol. The van der Waals surface area contributed by atoms with Gasteiger partial charge in [0.1, 0.15) is 12.1 Å². The molecule has 0 saturated heterocycles. The Balaban J connectivity index is 1.78. The Kier molecular flexibility index (Phi) is 3.10. The van der Waals surface area contributed by atoms with Gasteiger partial charge in [0.05, 0.1) is 6.54 Å². The highest BCUT2D eigenvalue weighted by Gasteiger charge is 2.15. The highest BCUT2D eigenvalue weighted by molar-refractivity contribution is 7.07. The number of H-pyrrole nitrogens is 1. The van der Waals surface area contributed by atoms with E-state index in [1.165, 1.54) is 29.7 Å². The van der Waals surface area contributed by atoms with Crippen molar-refractivity contribution in [1.29, 1.82) is 0 Å². The maximum atomic E-state index is 11.0. The Labute approximate surface area is 108 Å². The molecular formula is C12H14N4OS. The fourth-order valence-electron chi connectivity index (χ4n) is 2.25. The molecule has 2 heterocycles. The average Bonchev–Trinajstić information content (AvgIpc) is 2.82. The first-order chi connectivity index (χ1) is 8.83. The number of aromatic amines is 1. The lowest BCUT2D eigenvalue weighted by molar-refractivity contribution is 0.663. The van der Waals surface area contributed by atoms with Crippen LogP contribution in [0.5, 0.6) is 0 Å². The number of nitrogens with zero attached hydrogens (tertiary/aromatic N) is 2. The normalized spacial score (nSPS) is 14.2. The van der Waals surface area contributed by atoms with Crippen molar-refractivity contribution in [2.24, 2.45) is 0 Å². The molecule has 0 bridgehead atoms. The lowest BCUT2D eigenvalue weighted by atomic mass is 9.96. The van der Waals surface area contributed by atoms with E-state index < -0.39 is 0 Å². The summed E-state index contributed by atoms with van der Waals surface area (Å²) in [6.45, 7) is 0.599. The van der Waals surface area contributed by atoms with Crippen LogP contribution in [0.3, 0.4) is 0 Å². The number of rotatable bonds is 3. The Morgan fingerprint density at radius 2 is 2.22 bits per heavy atom. The molecule has 1 aliphatic carbocycles. The van der Waals surface area contributed by atoms with Crippen LogP contribution >= 0.6 is 11.3 Å². The molecule has 0 atom stereocenters. The number of fused-ring (bicyclic) bond motifs is 1. The van der Waals surface area contributed by atoms with Crippen LogP contribution in [-0.4, -0.2) is 15.0 Å². The van der Waals surface area contributed by atoms with Crippen LogP contribution in [0.2, 0.25) is 0 Å². The molecule has 0 aromatic carbocycles. The van der Waals surface area contributed by atoms with Gasteiger partial charge in [-0.15, -0.1) is 0 Å². The van der Waals surface area contributed by atoms with Crippen LogP contribution in [0.25, 0.3) is 0 Å². The summed E-state index contributed by atoms with van der Waals surface area (Å²) in [4.78, 5) is 22.4. The van der Waals surface area contributed by atoms with E-state index in [0.29, 0.717) is 6.54 Å². The van der Waals surface area contributed by atoms with Crippen molar-refractivity contribution < 1.29 is 0 Å². The number of nitrogens with one attached hydrogen (secondary N) is 2. The molecule has 2 N–H and O–H groups in total. The van der Waals surface area contributed by atoms with Crippen molar-refractivity contribution in [3.8, 4) is 0 Å². The maximum absolute atomic E-state index is 11.0. The predicted octanol–water partition coefficient (Wildman–Crippen LogP) is 1.72. The van der Waals surface area contributed by atoms with Crippen molar-refractivity contribution in [3.63, 3.8) is 0 Å². The summed E-state index contributed by atoms with van der Waals surface area (Å²) in [5.41, 5.74) is 3.30. The Morgan fingerprint density at radius 1 is 1.33 bits per heavy atom. The summed E-state index contributed by atoms with van der Waals surface area (Å²) in [6.07, 6.45) is 6.11. The third kappa shape index (κ3) is 2.28. The summed E-state index contributed by atoms with van der Waals surface area (Å²) in [5, 5.41) is 5.12. The zero-order valence-corrected chi connectivity index (χ0v) is 10.7. The van der Waals surface area contributed by atoms with Gasteiger partial charge in [-0.05, 0) is 25.7 Å². The van der Waals surface area contributed by atoms with Gasteiger partial charge in [0.2, 0.25) is 0 Å². The van der Waals surface area contributed by atoms with E-state index >= 15 is 0 Å². The summed E-state index contributed by atoms with van der Waals surface area (Å²) >= 11 is 1.18. The second kappa shape index (κ2) is 4.89. The van der Waals surface area contributed by atoms with E-state index in [-0.39, 0.29) is 4.87 Å². The Bertz CT molecular complexity index is 604. The third-order valence-electron chi connectivity index (χ3n) is 3.14. The van der Waals surface area contributed by atoms with Crippen molar-refractivity contribution in [3.05, 3.63) is 38.3 Å². The van der Waals surface area contributed by atoms with Gasteiger partial charge >= 0.3 is 4.87 Å². The van der Waals surface area contributed by atoms with Crippen LogP contribution in [0, 0.1) is 0 Å². The second-order valence-corrected chi connectivity index (χ2v) is 5.22. The topological polar surface area (TPSA) is 70.7 Å². The quantitative estimate of drug-likeness (QED) is 0.883. The first-order valence-corrected chi connectivity index (χ1v) is 6.94. The van der Waals surface area contributed by atoms with E-state index in [0.717, 1.165) is 30.0 Å². The molecule has 2 aromatic rings. The molecule has 0 unspecified atom stereocenters. The minimum absolute atomic E-state index is 0.0171. The molecule has 0 fully saturated rings. The van der Waals surface area contributed by atoms with E-state index in [1.54, 1.807) is 6.33 Å². The van der Waals surface area contributed by atoms with Crippen molar-refractivity contribution in [1.82, 2.24) is 15.0 Å². The number of aryl methyl sites for hydroxylation is 1. The van der Waals surface area contributed by atoms with Crippen LogP contribution in [0.15, 0.2) is 16.5 Å². The third-order valence-corrected chi connectivity index (χ3v) is 3.86. The van der Waals surface area contributed by atoms with Gasteiger partial charge in [0.25, 0.3) is 0 Å². The molecule has 0 aliphatic heterocycles. The lowest BCUT2D eigenvalue weighted by Gasteiger charge is -2.17. The van der Waals surface area contributed by atoms with Gasteiger partial charge in [0.15, 0.2) is 0 Å². The van der Waals surface area contributed by atoms with Crippen LogP contribution in [-0.2, 0) is 19.4 Å². The van der Waals surface area contributed by atoms with E-state index in [4.69, 9.17) is 0 Å². The summed E-state index contributed by atoms with van der Waals surface area (Å²) in [6, 6.07) is 0. The van der Waals surface area contributed by atoms with Crippen LogP contribution in [0.4, 0.5) is 5.82 Å². The SMILES string of the molecule is O=c1[nH]c(CNc2ncnc3c2CCCC3)cs1. The van der Waals surface area contributed by atoms with E-state index in [2.05, 4.69) is 20.3 Å². The van der Waals surface area contributed by atoms with E-state index in [9.17, 15) is 4.79 Å². The smallest absolute Gasteiger partial charge is 0.304 e. The van der Waals surface area contributed by atoms with Gasteiger partial charge < -0.3 is 10.3 Å². The van der Waals surface area contributed by atoms with E-state index in [1.807, 2.05) is 5.38 Å². The first-order valence-electron chi connectivity index (χ1n) is 6.06. The van der Waals surface area contributed by atoms with Crippen LogP contribution in [0.1, 0.15) is 29.8 Å². The first kappa shape index (κ1) is 11.4. The summed E-state index contributed by atoms with van der Waals surface area (Å²) in [5.74, 6) is 0.909. The number of thiazole rings is 1. The molecule has 3 rings (SSSR count). The zero-order valence-electron chi connectivity index (χ0n) is 9.90. The summed E-state index contributed by atoms with van der Waals surface area (Å²) < 4.78 is 0. The minimum atomic E-state index is -0.0171. The molecule has 0 saturated carbocycles. The van der Waals surface area contributed by atoms with Gasteiger partial charge in [0, 0.05) is 22.3 Å². The zero-order chi connectivity index (χ0) is 12.4. The number of hydrogen-bond donors (Lipinski definition) is 2. The monoisotopic (exact) mass is 262 g/mol. The number of hydrogen-bond acceptors (Lipinski definition) is 5. The highest BCUT2D eigenvalue weighted by Crippen LogP contribution is 2.24. The van der Waals surface area contributed by atoms with Crippen molar-refractivity contribution in [2.45, 2.75) is 32.2 Å². The molecule has 0 radical (unpaired) electrons. The van der Waals surface area contributed by atoms with Gasteiger partial charge in [-0.2, -0.15) is 0 Å². The fraction of sp³-hybridized carbons (Fsp3) is 0.417. The molecular weight excluding hydrogens is 248 g/mol. The van der Waals surface area contributed by atoms with Gasteiger partial charge in [-0.3, -0.25) is 4.79 Å². The standard InChI is InChI=1S/C12H14N4OS/c17-12-16-8(6-18-12)5-13-11-9-3-1-2-4-10(9)14-7-15-11/h6-7H,1-5H2,(H,16,17)(H,13,14,15). The summed E-state index contributed by atoms with van der Waals surface area (Å²) in [7, 11) is 0. The minimum Gasteiger partial charge on any atom is -0.364 e. The second-order valence-electron chi connectivity index (χ2n) is 4.38. The highest BCUT2D eigenvalue weighted by atomic mass is 32.1.